The molecule has 4 nitrogen and oxygen atoms in total. The van der Waals surface area contributed by atoms with E-state index in [-0.39, 0.29) is 10.8 Å². The first-order valence-electron chi connectivity index (χ1n) is 43.6. The van der Waals surface area contributed by atoms with E-state index in [1.165, 1.54) is 144 Å². The van der Waals surface area contributed by atoms with Crippen LogP contribution in [-0.4, -0.2) is 16.1 Å². The molecule has 0 radical (unpaired) electrons. The van der Waals surface area contributed by atoms with Crippen molar-refractivity contribution in [3.8, 4) is 44.5 Å². The van der Waals surface area contributed by atoms with Crippen LogP contribution in [0.1, 0.15) is 115 Å². The Morgan fingerprint density at radius 3 is 0.918 bits per heavy atom. The first kappa shape index (κ1) is 77.3. The van der Waals surface area contributed by atoms with Gasteiger partial charge in [0.1, 0.15) is 67.9 Å². The molecule has 0 aliphatic heterocycles. The van der Waals surface area contributed by atoms with Gasteiger partial charge in [0.2, 0.25) is 0 Å². The standard InChI is InChI=1S/C66H62O2.C46H34F4O2Si2/c1-11-37-19-17-20-38(12-2)59(37)49-35-55-62-52(34-54-48-30-44-28-46(66(9,10)16-6)26-24-42(44)32-58(48)67-63(54)55)50(60-39(13-3)21-18-22-40(60)14-4)36-56-61(62)51(49)33-53-47-29-43-27-45(65(7,8)15-5)25-23-41(43)31-57(47)68-64(53)56;1-53(2,3)41-21-37-44-36(20-34-32-16-24(8-10-40(32)51-45(34)37)26-13-29(49)18-30(50)14-26)42(54(4,5)6)22-38-43(44)35(41)19-33-31-15-23(7-9-39(31)52-46(33)38)25-11-27(47)17-28(48)12-25/h17-36H,11-16H2,1-10H3;7-22H,1-6H3. The fourth-order valence-electron chi connectivity index (χ4n) is 20.5. The summed E-state index contributed by atoms with van der Waals surface area (Å²) in [6.45, 7) is 37.3. The molecule has 0 saturated heterocycles. The van der Waals surface area contributed by atoms with E-state index < -0.39 is 39.4 Å². The Balaban J connectivity index is 0.000000154. The number of halogens is 4. The molecule has 0 amide bonds. The number of hydrogen-bond acceptors (Lipinski definition) is 4. The molecule has 0 atom stereocenters. The Morgan fingerprint density at radius 2 is 0.582 bits per heavy atom. The highest BCUT2D eigenvalue weighted by atomic mass is 28.3. The molecule has 122 heavy (non-hydrogen) atoms. The predicted octanol–water partition coefficient (Wildman–Crippen LogP) is 33.0. The Kier molecular flexibility index (Phi) is 17.6. The third-order valence-corrected chi connectivity index (χ3v) is 31.9. The van der Waals surface area contributed by atoms with E-state index in [0.717, 1.165) is 160 Å². The summed E-state index contributed by atoms with van der Waals surface area (Å²) in [6, 6.07) is 75.1. The quantitative estimate of drug-likeness (QED) is 0.0618. The van der Waals surface area contributed by atoms with Gasteiger partial charge in [0.25, 0.3) is 0 Å². The van der Waals surface area contributed by atoms with Gasteiger partial charge in [0.05, 0.1) is 16.1 Å². The van der Waals surface area contributed by atoms with Gasteiger partial charge in [-0.1, -0.05) is 216 Å². The molecule has 10 heteroatoms. The maximum atomic E-state index is 14.3. The van der Waals surface area contributed by atoms with Crippen LogP contribution in [0.3, 0.4) is 0 Å². The van der Waals surface area contributed by atoms with Crippen molar-refractivity contribution in [3.63, 3.8) is 0 Å². The van der Waals surface area contributed by atoms with Crippen LogP contribution in [0, 0.1) is 23.3 Å². The van der Waals surface area contributed by atoms with Crippen molar-refractivity contribution in [2.45, 2.75) is 158 Å². The van der Waals surface area contributed by atoms with Crippen molar-refractivity contribution < 1.29 is 35.2 Å². The van der Waals surface area contributed by atoms with Crippen LogP contribution in [0.15, 0.2) is 236 Å². The number of rotatable bonds is 14. The Hall–Kier alpha value is -12.1. The van der Waals surface area contributed by atoms with Gasteiger partial charge in [-0.05, 0) is 280 Å². The third-order valence-electron chi connectivity index (χ3n) is 27.8. The molecular weight excluding hydrogens is 1540 g/mol. The SMILES string of the molecule is CCc1cccc(CC)c1-c1cc2c3oc4cc5ccc(C(C)(C)CC)cc5cc4c3cc3c(-c4c(CC)cccc4CC)cc4c5oc6cc7ccc(C(C)(C)CC)cc7cc6c5cc1c4c32.C[Si](C)(C)c1cc2c3oc4ccc(-c5cc(F)cc(F)c5)cc4c3cc3c([Si](C)(C)C)cc4c5oc6ccc(-c7cc(F)cc(F)c7)cc6c5cc1c4c32. The lowest BCUT2D eigenvalue weighted by Gasteiger charge is -2.26. The number of furan rings is 4. The minimum absolute atomic E-state index is 0.0840. The molecule has 22 rings (SSSR count). The summed E-state index contributed by atoms with van der Waals surface area (Å²) in [6.07, 6.45) is 5.92. The molecule has 18 aromatic carbocycles. The van der Waals surface area contributed by atoms with E-state index in [1.54, 1.807) is 0 Å². The highest BCUT2D eigenvalue weighted by Gasteiger charge is 2.34. The van der Waals surface area contributed by atoms with Crippen molar-refractivity contribution >= 4 is 200 Å². The van der Waals surface area contributed by atoms with Crippen LogP contribution in [0.25, 0.3) is 218 Å². The summed E-state index contributed by atoms with van der Waals surface area (Å²) >= 11 is 0. The van der Waals surface area contributed by atoms with E-state index in [0.29, 0.717) is 33.4 Å². The molecule has 0 spiro atoms. The summed E-state index contributed by atoms with van der Waals surface area (Å²) < 4.78 is 85.2. The van der Waals surface area contributed by atoms with Crippen molar-refractivity contribution in [3.05, 3.63) is 275 Å². The molecule has 0 bridgehead atoms. The smallest absolute Gasteiger partial charge is 0.143 e. The first-order valence-corrected chi connectivity index (χ1v) is 50.6. The average molecular weight is 1640 g/mol. The highest BCUT2D eigenvalue weighted by Crippen LogP contribution is 2.55. The lowest BCUT2D eigenvalue weighted by Crippen LogP contribution is -2.39. The van der Waals surface area contributed by atoms with Gasteiger partial charge in [-0.15, -0.1) is 0 Å². The number of aryl methyl sites for hydroxylation is 4. The van der Waals surface area contributed by atoms with Crippen molar-refractivity contribution in [1.29, 1.82) is 0 Å². The van der Waals surface area contributed by atoms with E-state index in [2.05, 4.69) is 254 Å². The minimum atomic E-state index is -2.02. The summed E-state index contributed by atoms with van der Waals surface area (Å²) in [5, 5.41) is 29.9. The van der Waals surface area contributed by atoms with Gasteiger partial charge >= 0.3 is 0 Å². The zero-order chi connectivity index (χ0) is 84.5. The second kappa shape index (κ2) is 27.7. The van der Waals surface area contributed by atoms with Crippen LogP contribution >= 0.6 is 0 Å². The van der Waals surface area contributed by atoms with Gasteiger partial charge in [-0.2, -0.15) is 0 Å². The maximum absolute atomic E-state index is 14.3. The molecule has 0 aliphatic rings. The first-order chi connectivity index (χ1) is 58.5. The lowest BCUT2D eigenvalue weighted by molar-refractivity contribution is 0.507. The van der Waals surface area contributed by atoms with Gasteiger partial charge in [0, 0.05) is 98.3 Å². The fraction of sp³-hybridized carbons (Fsp3) is 0.214. The van der Waals surface area contributed by atoms with Gasteiger partial charge in [-0.3, -0.25) is 0 Å². The summed E-state index contributed by atoms with van der Waals surface area (Å²) in [5.74, 6) is -2.48. The second-order valence-corrected chi connectivity index (χ2v) is 47.9. The molecule has 0 fully saturated rings. The molecule has 22 aromatic rings. The Morgan fingerprint density at radius 1 is 0.262 bits per heavy atom. The van der Waals surface area contributed by atoms with E-state index in [4.69, 9.17) is 17.7 Å². The van der Waals surface area contributed by atoms with Crippen LogP contribution in [0.5, 0.6) is 0 Å². The largest absolute Gasteiger partial charge is 0.455 e. The van der Waals surface area contributed by atoms with Crippen LogP contribution in [0.4, 0.5) is 17.6 Å². The molecule has 0 aliphatic carbocycles. The normalized spacial score (nSPS) is 13.0. The molecular formula is C112H96F4O4Si2. The number of benzene rings is 18. The number of fused-ring (bicyclic) bond motifs is 18. The Labute approximate surface area is 708 Å². The molecule has 4 aromatic heterocycles. The zero-order valence-corrected chi connectivity index (χ0v) is 74.2. The third kappa shape index (κ3) is 11.9. The van der Waals surface area contributed by atoms with Crippen LogP contribution in [0.2, 0.25) is 39.3 Å². The van der Waals surface area contributed by atoms with Crippen LogP contribution in [-0.2, 0) is 36.5 Å². The average Bonchev–Trinajstić information content (AvgIpc) is 1.36. The topological polar surface area (TPSA) is 52.6 Å². The van der Waals surface area contributed by atoms with Gasteiger partial charge < -0.3 is 17.7 Å². The van der Waals surface area contributed by atoms with Gasteiger partial charge in [-0.25, -0.2) is 17.6 Å². The minimum Gasteiger partial charge on any atom is -0.455 e. The summed E-state index contributed by atoms with van der Waals surface area (Å²) in [5.41, 5.74) is 22.7. The van der Waals surface area contributed by atoms with E-state index in [9.17, 15) is 17.6 Å². The van der Waals surface area contributed by atoms with Crippen molar-refractivity contribution in [2.75, 3.05) is 0 Å². The fourth-order valence-corrected chi connectivity index (χ4v) is 23.6. The molecule has 4 heterocycles. The number of hydrogen-bond donors (Lipinski definition) is 0. The maximum Gasteiger partial charge on any atom is 0.143 e. The van der Waals surface area contributed by atoms with E-state index >= 15 is 0 Å². The highest BCUT2D eigenvalue weighted by molar-refractivity contribution is 6.92. The Bertz CT molecular complexity index is 7670. The molecule has 0 N–H and O–H groups in total. The van der Waals surface area contributed by atoms with Crippen LogP contribution < -0.4 is 10.4 Å². The lowest BCUT2D eigenvalue weighted by atomic mass is 9.80. The second-order valence-electron chi connectivity index (χ2n) is 37.8. The molecule has 0 unspecified atom stereocenters. The van der Waals surface area contributed by atoms with Crippen molar-refractivity contribution in [1.82, 2.24) is 0 Å². The monoisotopic (exact) mass is 1640 g/mol. The van der Waals surface area contributed by atoms with Gasteiger partial charge in [0.15, 0.2) is 0 Å². The van der Waals surface area contributed by atoms with E-state index in [1.807, 2.05) is 36.4 Å². The zero-order valence-electron chi connectivity index (χ0n) is 72.2. The molecule has 0 saturated carbocycles. The molecule has 604 valence electrons. The summed E-state index contributed by atoms with van der Waals surface area (Å²) in [7, 11) is -4.05. The summed E-state index contributed by atoms with van der Waals surface area (Å²) in [4.78, 5) is 0. The predicted molar refractivity (Wildman–Crippen MR) is 516 cm³/mol. The van der Waals surface area contributed by atoms with Crippen molar-refractivity contribution in [2.24, 2.45) is 0 Å².